The summed E-state index contributed by atoms with van der Waals surface area (Å²) < 4.78 is 25.3. The van der Waals surface area contributed by atoms with Crippen LogP contribution in [-0.4, -0.2) is 19.8 Å². The Balaban J connectivity index is 1.58. The molecule has 0 saturated carbocycles. The van der Waals surface area contributed by atoms with Gasteiger partial charge in [-0.1, -0.05) is 11.3 Å². The lowest BCUT2D eigenvalue weighted by molar-refractivity contribution is 0.292. The van der Waals surface area contributed by atoms with Gasteiger partial charge in [-0.25, -0.2) is 4.39 Å². The Morgan fingerprint density at radius 3 is 2.82 bits per heavy atom. The number of aromatic nitrogens is 4. The van der Waals surface area contributed by atoms with Crippen molar-refractivity contribution in [3.05, 3.63) is 54.3 Å². The first kappa shape index (κ1) is 13.0. The van der Waals surface area contributed by atoms with E-state index in [0.717, 1.165) is 5.01 Å². The second kappa shape index (κ2) is 5.23. The van der Waals surface area contributed by atoms with Crippen molar-refractivity contribution in [2.75, 3.05) is 0 Å². The first-order chi connectivity index (χ1) is 10.8. The lowest BCUT2D eigenvalue weighted by atomic mass is 10.3. The molecular weight excluding hydrogens is 307 g/mol. The van der Waals surface area contributed by atoms with Crippen molar-refractivity contribution in [2.24, 2.45) is 0 Å². The molecule has 0 aliphatic carbocycles. The molecule has 3 aromatic heterocycles. The zero-order chi connectivity index (χ0) is 14.9. The van der Waals surface area contributed by atoms with Crippen LogP contribution < -0.4 is 4.74 Å². The molecule has 0 aliphatic heterocycles. The summed E-state index contributed by atoms with van der Waals surface area (Å²) in [6.45, 7) is 0.189. The van der Waals surface area contributed by atoms with Crippen LogP contribution >= 0.6 is 11.3 Å². The summed E-state index contributed by atoms with van der Waals surface area (Å²) in [7, 11) is 0. The predicted octanol–water partition coefficient (Wildman–Crippen LogP) is 3.16. The van der Waals surface area contributed by atoms with Crippen LogP contribution in [0.4, 0.5) is 4.39 Å². The third kappa shape index (κ3) is 2.33. The maximum atomic E-state index is 12.8. The van der Waals surface area contributed by atoms with E-state index in [1.807, 2.05) is 6.07 Å². The number of nitrogens with zero attached hydrogens (tertiary/aromatic N) is 4. The predicted molar refractivity (Wildman–Crippen MR) is 77.1 cm³/mol. The van der Waals surface area contributed by atoms with Crippen molar-refractivity contribution >= 4 is 16.3 Å². The highest BCUT2D eigenvalue weighted by Gasteiger charge is 2.14. The third-order valence-corrected chi connectivity index (χ3v) is 3.88. The minimum Gasteiger partial charge on any atom is -0.486 e. The number of halogens is 1. The molecule has 8 heteroatoms. The second-order valence-electron chi connectivity index (χ2n) is 4.44. The summed E-state index contributed by atoms with van der Waals surface area (Å²) in [6.07, 6.45) is 1.59. The molecule has 1 aromatic carbocycles. The molecule has 0 unspecified atom stereocenters. The molecule has 0 atom stereocenters. The van der Waals surface area contributed by atoms with E-state index in [1.54, 1.807) is 29.0 Å². The number of benzene rings is 1. The molecule has 6 nitrogen and oxygen atoms in total. The summed E-state index contributed by atoms with van der Waals surface area (Å²) in [5.74, 6) is 1.49. The molecule has 0 N–H and O–H groups in total. The molecular formula is C14H9FN4O2S. The molecule has 0 amide bonds. The Hall–Kier alpha value is -2.74. The van der Waals surface area contributed by atoms with E-state index in [4.69, 9.17) is 9.15 Å². The van der Waals surface area contributed by atoms with Gasteiger partial charge in [-0.05, 0) is 36.4 Å². The second-order valence-corrected chi connectivity index (χ2v) is 5.39. The average Bonchev–Trinajstić information content (AvgIpc) is 3.23. The van der Waals surface area contributed by atoms with E-state index in [1.165, 1.54) is 23.5 Å². The molecule has 4 aromatic rings. The summed E-state index contributed by atoms with van der Waals surface area (Å²) in [4.78, 5) is 0.657. The van der Waals surface area contributed by atoms with Gasteiger partial charge in [0, 0.05) is 0 Å². The van der Waals surface area contributed by atoms with Crippen molar-refractivity contribution in [2.45, 2.75) is 6.61 Å². The van der Waals surface area contributed by atoms with Gasteiger partial charge in [0.05, 0.1) is 6.26 Å². The molecule has 0 bridgehead atoms. The topological polar surface area (TPSA) is 65.5 Å². The third-order valence-electron chi connectivity index (χ3n) is 2.97. The highest BCUT2D eigenvalue weighted by molar-refractivity contribution is 7.19. The summed E-state index contributed by atoms with van der Waals surface area (Å²) in [5, 5.41) is 13.2. The van der Waals surface area contributed by atoms with E-state index >= 15 is 0 Å². The molecule has 0 radical (unpaired) electrons. The zero-order valence-corrected chi connectivity index (χ0v) is 12.0. The van der Waals surface area contributed by atoms with Gasteiger partial charge in [-0.2, -0.15) is 4.52 Å². The highest BCUT2D eigenvalue weighted by atomic mass is 32.1. The van der Waals surface area contributed by atoms with Gasteiger partial charge in [-0.3, -0.25) is 0 Å². The minimum atomic E-state index is -0.306. The van der Waals surface area contributed by atoms with Gasteiger partial charge in [0.1, 0.15) is 18.2 Å². The van der Waals surface area contributed by atoms with E-state index in [-0.39, 0.29) is 12.4 Å². The molecule has 4 rings (SSSR count). The SMILES string of the molecule is Fc1ccc(OCc2nnc3sc(-c4ccco4)nn23)cc1. The zero-order valence-electron chi connectivity index (χ0n) is 11.1. The van der Waals surface area contributed by atoms with Crippen LogP contribution in [0.3, 0.4) is 0 Å². The number of hydrogen-bond acceptors (Lipinski definition) is 6. The molecule has 0 fully saturated rings. The van der Waals surface area contributed by atoms with Crippen molar-refractivity contribution in [3.63, 3.8) is 0 Å². The number of ether oxygens (including phenoxy) is 1. The number of hydrogen-bond donors (Lipinski definition) is 0. The Bertz CT molecular complexity index is 899. The normalized spacial score (nSPS) is 11.1. The Kier molecular flexibility index (Phi) is 3.08. The lowest BCUT2D eigenvalue weighted by Crippen LogP contribution is -2.02. The van der Waals surface area contributed by atoms with Crippen molar-refractivity contribution in [1.82, 2.24) is 19.8 Å². The van der Waals surface area contributed by atoms with Crippen LogP contribution in [0.5, 0.6) is 5.75 Å². The van der Waals surface area contributed by atoms with Crippen LogP contribution in [0.15, 0.2) is 47.1 Å². The fourth-order valence-electron chi connectivity index (χ4n) is 1.93. The monoisotopic (exact) mass is 316 g/mol. The van der Waals surface area contributed by atoms with E-state index < -0.39 is 0 Å². The van der Waals surface area contributed by atoms with Crippen LogP contribution in [0.25, 0.3) is 15.7 Å². The molecule has 110 valence electrons. The summed E-state index contributed by atoms with van der Waals surface area (Å²) >= 11 is 1.38. The fourth-order valence-corrected chi connectivity index (χ4v) is 2.75. The van der Waals surface area contributed by atoms with Gasteiger partial charge in [0.25, 0.3) is 0 Å². The quantitative estimate of drug-likeness (QED) is 0.578. The summed E-state index contributed by atoms with van der Waals surface area (Å²) in [5.41, 5.74) is 0. The van der Waals surface area contributed by atoms with Gasteiger partial charge in [-0.15, -0.1) is 15.3 Å². The first-order valence-electron chi connectivity index (χ1n) is 6.43. The standard InChI is InChI=1S/C14H9FN4O2S/c15-9-3-5-10(6-4-9)21-8-12-16-17-14-19(12)18-13(22-14)11-2-1-7-20-11/h1-7H,8H2. The fraction of sp³-hybridized carbons (Fsp3) is 0.0714. The number of rotatable bonds is 4. The number of fused-ring (bicyclic) bond motifs is 1. The maximum Gasteiger partial charge on any atom is 0.235 e. The maximum absolute atomic E-state index is 12.8. The molecule has 0 spiro atoms. The summed E-state index contributed by atoms with van der Waals surface area (Å²) in [6, 6.07) is 9.43. The average molecular weight is 316 g/mol. The van der Waals surface area contributed by atoms with Crippen molar-refractivity contribution < 1.29 is 13.5 Å². The van der Waals surface area contributed by atoms with Crippen LogP contribution in [-0.2, 0) is 6.61 Å². The highest BCUT2D eigenvalue weighted by Crippen LogP contribution is 2.25. The lowest BCUT2D eigenvalue weighted by Gasteiger charge is -2.03. The molecule has 3 heterocycles. The largest absolute Gasteiger partial charge is 0.486 e. The Morgan fingerprint density at radius 1 is 1.18 bits per heavy atom. The molecule has 22 heavy (non-hydrogen) atoms. The van der Waals surface area contributed by atoms with Gasteiger partial charge in [0.2, 0.25) is 4.96 Å². The van der Waals surface area contributed by atoms with Gasteiger partial charge < -0.3 is 9.15 Å². The molecule has 0 saturated heterocycles. The van der Waals surface area contributed by atoms with E-state index in [0.29, 0.717) is 22.3 Å². The minimum absolute atomic E-state index is 0.189. The first-order valence-corrected chi connectivity index (χ1v) is 7.24. The van der Waals surface area contributed by atoms with Gasteiger partial charge in [0.15, 0.2) is 16.6 Å². The molecule has 0 aliphatic rings. The van der Waals surface area contributed by atoms with Crippen LogP contribution in [0.2, 0.25) is 0 Å². The van der Waals surface area contributed by atoms with E-state index in [2.05, 4.69) is 15.3 Å². The van der Waals surface area contributed by atoms with Crippen LogP contribution in [0.1, 0.15) is 5.82 Å². The van der Waals surface area contributed by atoms with Crippen molar-refractivity contribution in [3.8, 4) is 16.5 Å². The number of furan rings is 1. The Labute approximate surface area is 127 Å². The smallest absolute Gasteiger partial charge is 0.235 e. The van der Waals surface area contributed by atoms with Gasteiger partial charge >= 0.3 is 0 Å². The Morgan fingerprint density at radius 2 is 2.05 bits per heavy atom. The van der Waals surface area contributed by atoms with Crippen molar-refractivity contribution in [1.29, 1.82) is 0 Å². The van der Waals surface area contributed by atoms with E-state index in [9.17, 15) is 4.39 Å². The van der Waals surface area contributed by atoms with Crippen LogP contribution in [0, 0.1) is 5.82 Å².